The van der Waals surface area contributed by atoms with Crippen LogP contribution in [-0.2, 0) is 10.8 Å². The average Bonchev–Trinajstić information content (AvgIpc) is 2.97. The highest BCUT2D eigenvalue weighted by molar-refractivity contribution is 14.0. The largest absolute Gasteiger partial charge is 0.361 e. The minimum absolute atomic E-state index is 0. The number of rotatable bonds is 7. The lowest BCUT2D eigenvalue weighted by Crippen LogP contribution is -2.46. The summed E-state index contributed by atoms with van der Waals surface area (Å²) in [5.41, 5.74) is 2.10. The minimum atomic E-state index is -0.707. The molecule has 1 heterocycles. The Bertz CT molecular complexity index is 616. The van der Waals surface area contributed by atoms with Crippen LogP contribution in [0.5, 0.6) is 0 Å². The van der Waals surface area contributed by atoms with Gasteiger partial charge in [-0.15, -0.1) is 24.0 Å². The fourth-order valence-corrected chi connectivity index (χ4v) is 5.12. The van der Waals surface area contributed by atoms with Crippen LogP contribution in [0.2, 0.25) is 0 Å². The Hall–Kier alpha value is -0.640. The van der Waals surface area contributed by atoms with Crippen LogP contribution in [0.25, 0.3) is 0 Å². The second-order valence-electron chi connectivity index (χ2n) is 7.16. The number of guanidine groups is 1. The molecule has 1 aliphatic rings. The lowest BCUT2D eigenvalue weighted by atomic mass is 9.95. The molecule has 1 aromatic rings. The Kier molecular flexibility index (Phi) is 10.9. The van der Waals surface area contributed by atoms with Crippen molar-refractivity contribution in [1.82, 2.24) is 15.8 Å². The van der Waals surface area contributed by atoms with Crippen molar-refractivity contribution in [1.29, 1.82) is 0 Å². The van der Waals surface area contributed by atoms with Gasteiger partial charge in [0.1, 0.15) is 5.76 Å². The number of halogens is 1. The van der Waals surface area contributed by atoms with Crippen molar-refractivity contribution in [2.75, 3.05) is 18.8 Å². The van der Waals surface area contributed by atoms with E-state index in [2.05, 4.69) is 29.6 Å². The predicted octanol–water partition coefficient (Wildman–Crippen LogP) is 3.65. The van der Waals surface area contributed by atoms with Gasteiger partial charge >= 0.3 is 0 Å². The minimum Gasteiger partial charge on any atom is -0.361 e. The molecule has 6 nitrogen and oxygen atoms in total. The molecule has 0 aliphatic heterocycles. The van der Waals surface area contributed by atoms with Crippen LogP contribution in [-0.4, -0.2) is 45.5 Å². The summed E-state index contributed by atoms with van der Waals surface area (Å²) in [6.45, 7) is 11.7. The van der Waals surface area contributed by atoms with Crippen LogP contribution in [0, 0.1) is 13.8 Å². The van der Waals surface area contributed by atoms with E-state index >= 15 is 0 Å². The predicted molar refractivity (Wildman–Crippen MR) is 124 cm³/mol. The summed E-state index contributed by atoms with van der Waals surface area (Å²) in [6.07, 6.45) is 4.28. The normalized spacial score (nSPS) is 22.6. The molecule has 0 bridgehead atoms. The molecule has 0 spiro atoms. The van der Waals surface area contributed by atoms with Gasteiger partial charge in [-0.25, -0.2) is 0 Å². The molecule has 4 unspecified atom stereocenters. The highest BCUT2D eigenvalue weighted by Gasteiger charge is 2.26. The monoisotopic (exact) mass is 510 g/mol. The Labute approximate surface area is 183 Å². The second-order valence-corrected chi connectivity index (χ2v) is 9.16. The molecule has 1 fully saturated rings. The van der Waals surface area contributed by atoms with E-state index in [0.717, 1.165) is 61.0 Å². The zero-order chi connectivity index (χ0) is 19.1. The van der Waals surface area contributed by atoms with Crippen molar-refractivity contribution < 1.29 is 8.73 Å². The molecule has 156 valence electrons. The van der Waals surface area contributed by atoms with E-state index in [1.807, 2.05) is 20.8 Å². The maximum Gasteiger partial charge on any atom is 0.191 e. The maximum absolute atomic E-state index is 12.2. The van der Waals surface area contributed by atoms with Crippen LogP contribution in [0.15, 0.2) is 9.52 Å². The first-order chi connectivity index (χ1) is 12.5. The average molecular weight is 510 g/mol. The zero-order valence-corrected chi connectivity index (χ0v) is 20.4. The van der Waals surface area contributed by atoms with Crippen LogP contribution in [0.3, 0.4) is 0 Å². The van der Waals surface area contributed by atoms with Crippen LogP contribution in [0.4, 0.5) is 0 Å². The van der Waals surface area contributed by atoms with Crippen molar-refractivity contribution in [3.63, 3.8) is 0 Å². The van der Waals surface area contributed by atoms with Crippen molar-refractivity contribution >= 4 is 40.7 Å². The number of hydrogen-bond donors (Lipinski definition) is 2. The van der Waals surface area contributed by atoms with Crippen LogP contribution >= 0.6 is 24.0 Å². The third-order valence-corrected chi connectivity index (χ3v) is 6.81. The van der Waals surface area contributed by atoms with Crippen molar-refractivity contribution in [2.24, 2.45) is 4.99 Å². The summed E-state index contributed by atoms with van der Waals surface area (Å²) in [7, 11) is -0.707. The fraction of sp³-hybridized carbons (Fsp3) is 0.789. The van der Waals surface area contributed by atoms with Gasteiger partial charge in [0.15, 0.2) is 5.96 Å². The van der Waals surface area contributed by atoms with Gasteiger partial charge < -0.3 is 15.2 Å². The Morgan fingerprint density at radius 3 is 2.70 bits per heavy atom. The molecule has 1 aliphatic carbocycles. The van der Waals surface area contributed by atoms with Crippen molar-refractivity contribution in [2.45, 2.75) is 77.5 Å². The smallest absolute Gasteiger partial charge is 0.191 e. The van der Waals surface area contributed by atoms with Crippen LogP contribution < -0.4 is 10.6 Å². The summed E-state index contributed by atoms with van der Waals surface area (Å²) in [5, 5.41) is 11.3. The van der Waals surface area contributed by atoms with Crippen LogP contribution in [0.1, 0.15) is 69.4 Å². The molecule has 27 heavy (non-hydrogen) atoms. The van der Waals surface area contributed by atoms with Gasteiger partial charge in [-0.3, -0.25) is 9.20 Å². The third kappa shape index (κ3) is 7.03. The van der Waals surface area contributed by atoms with E-state index in [-0.39, 0.29) is 29.9 Å². The van der Waals surface area contributed by atoms with Gasteiger partial charge in [0.25, 0.3) is 0 Å². The van der Waals surface area contributed by atoms with Gasteiger partial charge in [-0.2, -0.15) is 0 Å². The van der Waals surface area contributed by atoms with Gasteiger partial charge in [0, 0.05) is 52.4 Å². The lowest BCUT2D eigenvalue weighted by molar-refractivity contribution is 0.391. The van der Waals surface area contributed by atoms with E-state index in [1.165, 1.54) is 0 Å². The molecular formula is C19H35IN4O2S. The van der Waals surface area contributed by atoms with E-state index in [4.69, 9.17) is 9.52 Å². The Morgan fingerprint density at radius 2 is 2.11 bits per heavy atom. The number of nitrogens with one attached hydrogen (secondary N) is 2. The highest BCUT2D eigenvalue weighted by Crippen LogP contribution is 2.24. The molecule has 8 heteroatoms. The SMILES string of the molecule is CCNC(=NCC(C)c1c(C)noc1C)NC1CCCC(S(=O)CC)C1.I. The second kappa shape index (κ2) is 12.0. The van der Waals surface area contributed by atoms with E-state index in [1.54, 1.807) is 0 Å². The van der Waals surface area contributed by atoms with Crippen molar-refractivity contribution in [3.05, 3.63) is 17.0 Å². The van der Waals surface area contributed by atoms with Gasteiger partial charge in [0.05, 0.1) is 5.69 Å². The summed E-state index contributed by atoms with van der Waals surface area (Å²) < 4.78 is 17.4. The van der Waals surface area contributed by atoms with E-state index in [0.29, 0.717) is 17.8 Å². The molecule has 2 N–H and O–H groups in total. The fourth-order valence-electron chi connectivity index (χ4n) is 3.78. The molecule has 1 aromatic heterocycles. The zero-order valence-electron chi connectivity index (χ0n) is 17.2. The molecule has 0 amide bonds. The van der Waals surface area contributed by atoms with E-state index < -0.39 is 10.8 Å². The molecule has 4 atom stereocenters. The van der Waals surface area contributed by atoms with Crippen molar-refractivity contribution in [3.8, 4) is 0 Å². The molecule has 0 radical (unpaired) electrons. The quantitative estimate of drug-likeness (QED) is 0.333. The van der Waals surface area contributed by atoms with Gasteiger partial charge in [-0.1, -0.05) is 25.4 Å². The lowest BCUT2D eigenvalue weighted by Gasteiger charge is -2.30. The summed E-state index contributed by atoms with van der Waals surface area (Å²) in [6, 6.07) is 0.344. The Balaban J connectivity index is 0.00000364. The first-order valence-corrected chi connectivity index (χ1v) is 11.2. The first kappa shape index (κ1) is 24.4. The third-order valence-electron chi connectivity index (χ3n) is 5.07. The number of hydrogen-bond acceptors (Lipinski definition) is 4. The maximum atomic E-state index is 12.2. The number of aromatic nitrogens is 1. The summed E-state index contributed by atoms with van der Waals surface area (Å²) in [5.74, 6) is 2.73. The molecule has 0 aromatic carbocycles. The molecule has 2 rings (SSSR count). The molecule has 0 saturated heterocycles. The first-order valence-electron chi connectivity index (χ1n) is 9.80. The number of nitrogens with zero attached hydrogens (tertiary/aromatic N) is 2. The summed E-state index contributed by atoms with van der Waals surface area (Å²) >= 11 is 0. The highest BCUT2D eigenvalue weighted by atomic mass is 127. The van der Waals surface area contributed by atoms with E-state index in [9.17, 15) is 4.21 Å². The number of aryl methyl sites for hydroxylation is 2. The molecular weight excluding hydrogens is 475 g/mol. The van der Waals surface area contributed by atoms with Gasteiger partial charge in [-0.05, 0) is 40.0 Å². The summed E-state index contributed by atoms with van der Waals surface area (Å²) in [4.78, 5) is 4.78. The number of aliphatic imine (C=N–C) groups is 1. The van der Waals surface area contributed by atoms with Gasteiger partial charge in [0.2, 0.25) is 0 Å². The Morgan fingerprint density at radius 1 is 1.37 bits per heavy atom. The topological polar surface area (TPSA) is 79.5 Å². The standard InChI is InChI=1S/C19H34N4O2S.HI/c1-6-20-19(21-12-13(3)18-14(4)23-25-15(18)5)22-16-9-8-10-17(11-16)26(24)7-2;/h13,16-17H,6-12H2,1-5H3,(H2,20,21,22);1H. The molecule has 1 saturated carbocycles.